The molecule has 12 N–H and O–H groups in total. The van der Waals surface area contributed by atoms with Gasteiger partial charge in [0.05, 0.1) is 93.5 Å². The summed E-state index contributed by atoms with van der Waals surface area (Å²) < 4.78 is 67.0. The van der Waals surface area contributed by atoms with Gasteiger partial charge in [-0.15, -0.1) is 24.8 Å². The number of methoxy groups -OCH3 is 9. The van der Waals surface area contributed by atoms with Gasteiger partial charge in [0.1, 0.15) is 33.5 Å². The third kappa shape index (κ3) is 38.2. The second-order valence-corrected chi connectivity index (χ2v) is 38.4. The quantitative estimate of drug-likeness (QED) is 0.0292. The van der Waals surface area contributed by atoms with E-state index >= 15 is 0 Å². The largest absolute Gasteiger partial charge is 0.477 e. The maximum Gasteiger partial charge on any atom is 0.412 e. The second kappa shape index (κ2) is 63.3. The van der Waals surface area contributed by atoms with Crippen LogP contribution in [0.4, 0.5) is 27.5 Å². The van der Waals surface area contributed by atoms with E-state index in [2.05, 4.69) is 23.9 Å². The molecule has 8 aromatic heterocycles. The predicted molar refractivity (Wildman–Crippen MR) is 564 cm³/mol. The Kier molecular flexibility index (Phi) is 53.4. The van der Waals surface area contributed by atoms with Crippen LogP contribution in [0.25, 0.3) is 0 Å². The van der Waals surface area contributed by atoms with Gasteiger partial charge in [-0.1, -0.05) is 0 Å². The molecule has 1 amide bonds. The molecule has 814 valence electrons. The van der Waals surface area contributed by atoms with Gasteiger partial charge in [0.25, 0.3) is 38.9 Å². The summed E-state index contributed by atoms with van der Waals surface area (Å²) in [5.41, 5.74) is 20.7. The molecule has 8 aliphatic rings. The number of anilines is 4. The van der Waals surface area contributed by atoms with Crippen molar-refractivity contribution < 1.29 is 91.1 Å². The summed E-state index contributed by atoms with van der Waals surface area (Å²) in [7, 11) is 14.0. The van der Waals surface area contributed by atoms with Gasteiger partial charge >= 0.3 is 35.6 Å². The number of carbonyl (C=O) groups excluding carboxylic acids is 4. The third-order valence-electron chi connectivity index (χ3n) is 27.4. The van der Waals surface area contributed by atoms with E-state index in [9.17, 15) is 67.4 Å². The van der Waals surface area contributed by atoms with Crippen molar-refractivity contribution in [3.05, 3.63) is 252 Å². The van der Waals surface area contributed by atoms with Crippen LogP contribution in [0.15, 0.2) is 189 Å². The number of carboxylic acid groups (broad SMARTS) is 1. The van der Waals surface area contributed by atoms with Crippen LogP contribution < -0.4 is 72.8 Å². The molecule has 0 bridgehead atoms. The minimum Gasteiger partial charge on any atom is -0.477 e. The second-order valence-electron chi connectivity index (χ2n) is 38.4. The van der Waals surface area contributed by atoms with E-state index < -0.39 is 46.8 Å². The van der Waals surface area contributed by atoms with Gasteiger partial charge in [-0.3, -0.25) is 38.9 Å². The van der Waals surface area contributed by atoms with Gasteiger partial charge in [-0.05, 0) is 323 Å². The molecule has 0 radical (unpaired) electrons. The van der Waals surface area contributed by atoms with Gasteiger partial charge < -0.3 is 122 Å². The summed E-state index contributed by atoms with van der Waals surface area (Å²) in [6.45, 7) is 5.34. The zero-order valence-corrected chi connectivity index (χ0v) is 88.3. The van der Waals surface area contributed by atoms with Gasteiger partial charge in [0, 0.05) is 134 Å². The van der Waals surface area contributed by atoms with Crippen LogP contribution in [0.1, 0.15) is 310 Å². The highest BCUT2D eigenvalue weighted by Gasteiger charge is 2.33. The van der Waals surface area contributed by atoms with Crippen molar-refractivity contribution in [3.63, 3.8) is 0 Å². The summed E-state index contributed by atoms with van der Waals surface area (Å²) in [4.78, 5) is 152. The smallest absolute Gasteiger partial charge is 0.412 e. The van der Waals surface area contributed by atoms with Crippen molar-refractivity contribution in [2.24, 2.45) is 5.73 Å². The number of nitrogens with one attached hydrogen (secondary N) is 1. The van der Waals surface area contributed by atoms with E-state index in [1.165, 1.54) is 67.1 Å². The molecule has 41 heteroatoms. The summed E-state index contributed by atoms with van der Waals surface area (Å²) in [5.74, 6) is -3.06. The summed E-state index contributed by atoms with van der Waals surface area (Å²) >= 11 is 0. The fraction of sp³-hybridized carbons (Fsp3) is 0.575. The molecular weight excluding hydrogens is 1940 g/mol. The number of aliphatic hydroxyl groups is 2. The predicted octanol–water partition coefficient (Wildman–Crippen LogP) is 14.1. The molecule has 16 rings (SSSR count). The third-order valence-corrected chi connectivity index (χ3v) is 27.4. The summed E-state index contributed by atoms with van der Waals surface area (Å²) in [6.07, 6.45) is 44.4. The van der Waals surface area contributed by atoms with Crippen molar-refractivity contribution in [2.75, 3.05) is 86.5 Å². The lowest BCUT2D eigenvalue weighted by atomic mass is 9.92. The highest BCUT2D eigenvalue weighted by molar-refractivity contribution is 5.90. The number of aliphatic hydroxyl groups excluding tert-OH is 2. The Balaban J connectivity index is 0.000000255. The summed E-state index contributed by atoms with van der Waals surface area (Å²) in [6, 6.07) is 27.0. The monoisotopic (exact) mass is 2100 g/mol. The fourth-order valence-electron chi connectivity index (χ4n) is 19.6. The number of pyridine rings is 7. The number of hydrogen-bond donors (Lipinski definition) is 8. The molecule has 16 atom stereocenters. The Morgan fingerprint density at radius 3 is 0.871 bits per heavy atom. The number of rotatable bonds is 18. The molecule has 8 aliphatic carbocycles. The average Bonchev–Trinajstić information content (AvgIpc) is 0.816. The highest BCUT2D eigenvalue weighted by Crippen LogP contribution is 2.36. The molecule has 39 nitrogen and oxygen atoms in total. The van der Waals surface area contributed by atoms with E-state index in [1.54, 1.807) is 160 Å². The van der Waals surface area contributed by atoms with Gasteiger partial charge in [-0.25, -0.2) is 28.8 Å². The molecule has 0 aliphatic heterocycles. The van der Waals surface area contributed by atoms with E-state index in [-0.39, 0.29) is 183 Å². The summed E-state index contributed by atoms with van der Waals surface area (Å²) in [5, 5.41) is 30.1. The molecule has 0 spiro atoms. The number of carbonyl (C=O) groups is 5. The number of aromatic carboxylic acids is 1. The number of carboxylic acids is 1. The first-order valence-corrected chi connectivity index (χ1v) is 50.0. The minimum atomic E-state index is -1.17. The average molecular weight is 2100 g/mol. The van der Waals surface area contributed by atoms with Crippen LogP contribution in [0.5, 0.6) is 0 Å². The number of aromatic nitrogens is 7. The molecular formula is C106H154Cl2N12O27. The van der Waals surface area contributed by atoms with E-state index in [0.717, 1.165) is 199 Å². The fourth-order valence-corrected chi connectivity index (χ4v) is 19.6. The van der Waals surface area contributed by atoms with Crippen LogP contribution in [-0.2, 0) is 47.4 Å². The van der Waals surface area contributed by atoms with Crippen molar-refractivity contribution in [3.8, 4) is 0 Å². The maximum absolute atomic E-state index is 12.6. The van der Waals surface area contributed by atoms with Crippen molar-refractivity contribution in [1.82, 2.24) is 32.0 Å². The topological polar surface area (TPSA) is 539 Å². The van der Waals surface area contributed by atoms with Crippen molar-refractivity contribution in [2.45, 2.75) is 329 Å². The first-order valence-electron chi connectivity index (χ1n) is 50.0. The molecule has 8 fully saturated rings. The lowest BCUT2D eigenvalue weighted by Gasteiger charge is -2.29. The number of esters is 3. The Morgan fingerprint density at radius 1 is 0.333 bits per heavy atom. The standard InChI is InChI=1S/C17H26N2O4.C14H19NO4.2C13H17NO4.3C12H18N2O2.C7H6O4.C6H13NO.2ClH/c1-17(2,3)23-16(21)18-14-9-6-10-19(15(14)20)12-7-5-8-13(11-12)22-4;1-18-11-6-3-5-10(9-11)15-8-4-7-12(13(15)16)14(17)19-2;1-18-10-5-2-4-9(8-10)14-7-3-6-11(12(14)15)13(16)17;1-18-13(17)11-6-3-7-14(12(11)16)9-4-2-5-10(15)8-9;3*1-16-10-5-2-4-9(8-10)14-7-3-6-11(13)12(14)15;1-10-6(8)5-3-2-4-11-7(5)9;7-5-2-1-3-6(8)4-5;;/h6,9-10,12-13H,5,7-8,11H2,1-4H3,(H,18,21);4,7-8,10-11H,3,5-6,9H2,1-2H3;3,6-7,9-10H,2,4-5,8H2,1H3,(H,16,17);3,6-7,9-10,15H,2,4-5,8H2,1H3;3*3,6-7,9-10H,2,4-5,8,13H2,1H3;2-4H,1H3;5-6,8H,1-4,7H2;2*1H/t12-,13-;10-,11-;2*9-,10-;9?,10-;2*9-,10-;;5-,6-;;/m0000100.0../s1. The van der Waals surface area contributed by atoms with Crippen LogP contribution >= 0.6 is 24.8 Å². The molecule has 147 heavy (non-hydrogen) atoms. The Bertz CT molecular complexity index is 5740. The highest BCUT2D eigenvalue weighted by atomic mass is 35.5. The lowest BCUT2D eigenvalue weighted by molar-refractivity contribution is 0.0517. The Morgan fingerprint density at radius 2 is 0.592 bits per heavy atom. The number of nitrogens with zero attached hydrogens (tertiary/aromatic N) is 7. The number of nitrogens with two attached hydrogens (primary N) is 4. The minimum absolute atomic E-state index is 0. The van der Waals surface area contributed by atoms with Crippen LogP contribution in [0.3, 0.4) is 0 Å². The van der Waals surface area contributed by atoms with Crippen LogP contribution in [-0.4, -0.2) is 202 Å². The number of nitrogen functional groups attached to an aromatic ring is 3. The lowest BCUT2D eigenvalue weighted by Crippen LogP contribution is -2.34. The molecule has 8 saturated carbocycles. The first-order chi connectivity index (χ1) is 69.4. The molecule has 8 aromatic rings. The van der Waals surface area contributed by atoms with E-state index in [1.807, 2.05) is 36.8 Å². The number of hydrogen-bond acceptors (Lipinski definition) is 30. The Hall–Kier alpha value is -11.6. The van der Waals surface area contributed by atoms with Gasteiger partial charge in [0.2, 0.25) is 0 Å². The van der Waals surface area contributed by atoms with Gasteiger partial charge in [0.15, 0.2) is 0 Å². The molecule has 0 saturated heterocycles. The molecule has 1 unspecified atom stereocenters. The van der Waals surface area contributed by atoms with Crippen molar-refractivity contribution >= 4 is 77.5 Å². The van der Waals surface area contributed by atoms with Gasteiger partial charge in [-0.2, -0.15) is 0 Å². The van der Waals surface area contributed by atoms with Crippen LogP contribution in [0, 0.1) is 0 Å². The first kappa shape index (κ1) is 124. The van der Waals surface area contributed by atoms with Crippen molar-refractivity contribution in [1.29, 1.82) is 0 Å². The Labute approximate surface area is 869 Å². The molecule has 8 heterocycles. The number of ether oxygens (including phenoxy) is 10. The number of halogens is 2. The van der Waals surface area contributed by atoms with E-state index in [4.69, 9.17) is 66.3 Å². The SMILES string of the molecule is COC(=O)c1cccn([C@H]2CCC[C@H](O)C2)c1=O.COC(=O)c1cccn([C@H]2CCC[C@H](OC)C2)c1=O.COC(=O)c1cccoc1=O.CO[C@@H]1CCCC(n2cccc(N)c2=O)C1.CO[C@H]1CCC[C@H](n2cccc(C(=O)O)c2=O)C1.CO[C@H]1CCC[C@H](n2cccc(N)c2=O)C1.CO[C@H]1CCC[C@H](n2cccc(N)c2=O)C1.CO[C@H]1CCC[C@H](n2cccc(NC(=O)OC(C)(C)C)c2=O)C1.Cl.Cl.N[C@H]1CCC[C@H](O)C1. The van der Waals surface area contributed by atoms with E-state index in [0.29, 0.717) is 23.5 Å². The normalized spacial score (nSPS) is 23.4. The zero-order valence-electron chi connectivity index (χ0n) is 86.6. The zero-order chi connectivity index (χ0) is 106. The maximum atomic E-state index is 12.6. The number of amides is 1. The van der Waals surface area contributed by atoms with Crippen LogP contribution in [0.2, 0.25) is 0 Å². The molecule has 0 aromatic carbocycles.